The second kappa shape index (κ2) is 7.09. The van der Waals surface area contributed by atoms with Gasteiger partial charge in [-0.25, -0.2) is 0 Å². The minimum atomic E-state index is -4.15. The van der Waals surface area contributed by atoms with Gasteiger partial charge in [0.15, 0.2) is 0 Å². The maximum Gasteiger partial charge on any atom is 0.390 e. The van der Waals surface area contributed by atoms with E-state index in [0.717, 1.165) is 16.5 Å². The SMILES string of the molecule is CCCNC(Cc1cncc(Br)c1)CC(F)(F)F. The van der Waals surface area contributed by atoms with Crippen LogP contribution in [0.1, 0.15) is 25.3 Å². The van der Waals surface area contributed by atoms with E-state index in [9.17, 15) is 13.2 Å². The molecule has 2 nitrogen and oxygen atoms in total. The Morgan fingerprint density at radius 2 is 2.11 bits per heavy atom. The Kier molecular flexibility index (Phi) is 6.08. The van der Waals surface area contributed by atoms with Gasteiger partial charge in [0.25, 0.3) is 0 Å². The lowest BCUT2D eigenvalue weighted by Crippen LogP contribution is -2.36. The second-order valence-electron chi connectivity index (χ2n) is 4.19. The zero-order valence-corrected chi connectivity index (χ0v) is 11.7. The van der Waals surface area contributed by atoms with Crippen LogP contribution in [0.5, 0.6) is 0 Å². The fourth-order valence-electron chi connectivity index (χ4n) is 1.70. The summed E-state index contributed by atoms with van der Waals surface area (Å²) in [6, 6.07) is 1.20. The lowest BCUT2D eigenvalue weighted by atomic mass is 10.0. The number of pyridine rings is 1. The fourth-order valence-corrected chi connectivity index (χ4v) is 2.11. The molecule has 0 aliphatic heterocycles. The molecule has 0 amide bonds. The number of hydrogen-bond acceptors (Lipinski definition) is 2. The Hall–Kier alpha value is -0.620. The van der Waals surface area contributed by atoms with Gasteiger partial charge < -0.3 is 5.32 Å². The average Bonchev–Trinajstić information content (AvgIpc) is 2.24. The van der Waals surface area contributed by atoms with Crippen molar-refractivity contribution in [1.29, 1.82) is 0 Å². The maximum atomic E-state index is 12.5. The average molecular weight is 325 g/mol. The van der Waals surface area contributed by atoms with Crippen LogP contribution in [0.15, 0.2) is 22.9 Å². The van der Waals surface area contributed by atoms with Crippen molar-refractivity contribution in [3.8, 4) is 0 Å². The lowest BCUT2D eigenvalue weighted by Gasteiger charge is -2.20. The van der Waals surface area contributed by atoms with E-state index in [-0.39, 0.29) is 0 Å². The van der Waals surface area contributed by atoms with E-state index in [1.54, 1.807) is 18.5 Å². The maximum absolute atomic E-state index is 12.5. The topological polar surface area (TPSA) is 24.9 Å². The monoisotopic (exact) mass is 324 g/mol. The number of halogens is 4. The molecule has 1 rings (SSSR count). The molecule has 102 valence electrons. The van der Waals surface area contributed by atoms with Gasteiger partial charge in [0.05, 0.1) is 6.42 Å². The van der Waals surface area contributed by atoms with Crippen LogP contribution in [-0.4, -0.2) is 23.7 Å². The van der Waals surface area contributed by atoms with E-state index in [1.165, 1.54) is 0 Å². The summed E-state index contributed by atoms with van der Waals surface area (Å²) in [7, 11) is 0. The third-order valence-corrected chi connectivity index (χ3v) is 2.84. The van der Waals surface area contributed by atoms with Crippen molar-refractivity contribution < 1.29 is 13.2 Å². The number of aromatic nitrogens is 1. The van der Waals surface area contributed by atoms with Gasteiger partial charge in [-0.05, 0) is 46.9 Å². The summed E-state index contributed by atoms with van der Waals surface area (Å²) in [5, 5.41) is 2.93. The predicted octanol–water partition coefficient (Wildman–Crippen LogP) is 3.71. The zero-order chi connectivity index (χ0) is 13.6. The van der Waals surface area contributed by atoms with E-state index in [2.05, 4.69) is 26.2 Å². The van der Waals surface area contributed by atoms with Crippen molar-refractivity contribution in [2.45, 2.75) is 38.4 Å². The van der Waals surface area contributed by atoms with Gasteiger partial charge in [-0.2, -0.15) is 13.2 Å². The van der Waals surface area contributed by atoms with Gasteiger partial charge in [0, 0.05) is 22.9 Å². The standard InChI is InChI=1S/C12H16BrF3N2/c1-2-3-18-11(6-12(14,15)16)5-9-4-10(13)8-17-7-9/h4,7-8,11,18H,2-3,5-6H2,1H3. The highest BCUT2D eigenvalue weighted by atomic mass is 79.9. The number of nitrogens with one attached hydrogen (secondary N) is 1. The summed E-state index contributed by atoms with van der Waals surface area (Å²) in [5.74, 6) is 0. The highest BCUT2D eigenvalue weighted by molar-refractivity contribution is 9.10. The molecule has 0 spiro atoms. The molecule has 0 aliphatic carbocycles. The van der Waals surface area contributed by atoms with E-state index in [0.29, 0.717) is 13.0 Å². The van der Waals surface area contributed by atoms with E-state index < -0.39 is 18.6 Å². The second-order valence-corrected chi connectivity index (χ2v) is 5.10. The van der Waals surface area contributed by atoms with Crippen molar-refractivity contribution in [2.75, 3.05) is 6.54 Å². The molecule has 18 heavy (non-hydrogen) atoms. The molecule has 1 aromatic rings. The van der Waals surface area contributed by atoms with Crippen molar-refractivity contribution in [1.82, 2.24) is 10.3 Å². The quantitative estimate of drug-likeness (QED) is 0.862. The Morgan fingerprint density at radius 1 is 1.39 bits per heavy atom. The summed E-state index contributed by atoms with van der Waals surface area (Å²) in [4.78, 5) is 3.96. The van der Waals surface area contributed by atoms with Gasteiger partial charge in [-0.1, -0.05) is 6.92 Å². The minimum absolute atomic E-state index is 0.325. The van der Waals surface area contributed by atoms with Crippen LogP contribution < -0.4 is 5.32 Å². The van der Waals surface area contributed by atoms with Crippen molar-refractivity contribution in [3.05, 3.63) is 28.5 Å². The van der Waals surface area contributed by atoms with Crippen molar-refractivity contribution in [2.24, 2.45) is 0 Å². The molecule has 0 aliphatic rings. The fraction of sp³-hybridized carbons (Fsp3) is 0.583. The molecule has 0 aromatic carbocycles. The molecular weight excluding hydrogens is 309 g/mol. The molecule has 6 heteroatoms. The Balaban J connectivity index is 2.65. The van der Waals surface area contributed by atoms with Crippen molar-refractivity contribution >= 4 is 15.9 Å². The molecule has 0 radical (unpaired) electrons. The lowest BCUT2D eigenvalue weighted by molar-refractivity contribution is -0.139. The number of rotatable bonds is 6. The van der Waals surface area contributed by atoms with E-state index in [1.807, 2.05) is 6.92 Å². The molecule has 1 aromatic heterocycles. The van der Waals surface area contributed by atoms with Crippen LogP contribution in [0.3, 0.4) is 0 Å². The smallest absolute Gasteiger partial charge is 0.313 e. The van der Waals surface area contributed by atoms with Crippen LogP contribution in [0, 0.1) is 0 Å². The Labute approximate surface area is 113 Å². The van der Waals surface area contributed by atoms with Crippen LogP contribution in [0.2, 0.25) is 0 Å². The summed E-state index contributed by atoms with van der Waals surface area (Å²) in [6.45, 7) is 2.51. The third-order valence-electron chi connectivity index (χ3n) is 2.40. The van der Waals surface area contributed by atoms with Gasteiger partial charge in [0.2, 0.25) is 0 Å². The molecule has 0 saturated heterocycles. The van der Waals surface area contributed by atoms with Crippen LogP contribution >= 0.6 is 15.9 Å². The first-order chi connectivity index (χ1) is 8.40. The molecule has 0 saturated carbocycles. The molecule has 1 heterocycles. The molecule has 1 unspecified atom stereocenters. The summed E-state index contributed by atoms with van der Waals surface area (Å²) in [6.07, 6.45) is -0.620. The summed E-state index contributed by atoms with van der Waals surface area (Å²) in [5.41, 5.74) is 0.794. The van der Waals surface area contributed by atoms with E-state index in [4.69, 9.17) is 0 Å². The molecule has 0 bridgehead atoms. The predicted molar refractivity (Wildman–Crippen MR) is 68.4 cm³/mol. The largest absolute Gasteiger partial charge is 0.390 e. The van der Waals surface area contributed by atoms with Crippen LogP contribution in [-0.2, 0) is 6.42 Å². The van der Waals surface area contributed by atoms with Crippen molar-refractivity contribution in [3.63, 3.8) is 0 Å². The zero-order valence-electron chi connectivity index (χ0n) is 10.1. The van der Waals surface area contributed by atoms with E-state index >= 15 is 0 Å². The van der Waals surface area contributed by atoms with Gasteiger partial charge in [-0.15, -0.1) is 0 Å². The first kappa shape index (κ1) is 15.4. The minimum Gasteiger partial charge on any atom is -0.313 e. The van der Waals surface area contributed by atoms with Crippen LogP contribution in [0.4, 0.5) is 13.2 Å². The Bertz CT molecular complexity index is 369. The molecule has 0 fully saturated rings. The normalized spacial score (nSPS) is 13.6. The van der Waals surface area contributed by atoms with Gasteiger partial charge in [0.1, 0.15) is 0 Å². The summed E-state index contributed by atoms with van der Waals surface area (Å²) < 4.78 is 38.1. The van der Waals surface area contributed by atoms with Gasteiger partial charge in [-0.3, -0.25) is 4.98 Å². The van der Waals surface area contributed by atoms with Gasteiger partial charge >= 0.3 is 6.18 Å². The first-order valence-electron chi connectivity index (χ1n) is 5.80. The number of nitrogens with zero attached hydrogens (tertiary/aromatic N) is 1. The number of alkyl halides is 3. The number of hydrogen-bond donors (Lipinski definition) is 1. The first-order valence-corrected chi connectivity index (χ1v) is 6.59. The summed E-state index contributed by atoms with van der Waals surface area (Å²) >= 11 is 3.26. The Morgan fingerprint density at radius 3 is 2.67 bits per heavy atom. The van der Waals surface area contributed by atoms with Crippen LogP contribution in [0.25, 0.3) is 0 Å². The highest BCUT2D eigenvalue weighted by Gasteiger charge is 2.31. The molecule has 1 N–H and O–H groups in total. The molecule has 1 atom stereocenters. The highest BCUT2D eigenvalue weighted by Crippen LogP contribution is 2.23. The third kappa shape index (κ3) is 6.35. The molecular formula is C12H16BrF3N2.